The minimum Gasteiger partial charge on any atom is -0.365 e. The smallest absolute Gasteiger partial charge is 0.351 e. The minimum atomic E-state index is -0.476. The van der Waals surface area contributed by atoms with Crippen LogP contribution >= 0.6 is 0 Å². The summed E-state index contributed by atoms with van der Waals surface area (Å²) in [5.41, 5.74) is 2.78. The van der Waals surface area contributed by atoms with Crippen LogP contribution in [0.4, 0.5) is 5.82 Å². The highest BCUT2D eigenvalue weighted by atomic mass is 16.2. The van der Waals surface area contributed by atoms with Gasteiger partial charge in [0.2, 0.25) is 5.65 Å². The summed E-state index contributed by atoms with van der Waals surface area (Å²) in [5, 5.41) is 10.8. The number of hydrogen-bond acceptors (Lipinski definition) is 5. The molecule has 0 saturated heterocycles. The van der Waals surface area contributed by atoms with Crippen LogP contribution in [0.2, 0.25) is 0 Å². The van der Waals surface area contributed by atoms with E-state index in [2.05, 4.69) is 15.7 Å². The Bertz CT molecular complexity index is 1400. The molecule has 1 amide bonds. The first kappa shape index (κ1) is 24.2. The Kier molecular flexibility index (Phi) is 6.73. The normalized spacial score (nSPS) is 11.7. The van der Waals surface area contributed by atoms with Gasteiger partial charge in [0.1, 0.15) is 0 Å². The van der Waals surface area contributed by atoms with E-state index in [9.17, 15) is 9.59 Å². The van der Waals surface area contributed by atoms with Crippen LogP contribution in [-0.2, 0) is 12.0 Å². The van der Waals surface area contributed by atoms with Crippen molar-refractivity contribution in [3.8, 4) is 11.3 Å². The Balaban J connectivity index is 1.65. The van der Waals surface area contributed by atoms with Gasteiger partial charge in [0.25, 0.3) is 5.91 Å². The zero-order valence-corrected chi connectivity index (χ0v) is 20.9. The van der Waals surface area contributed by atoms with Crippen molar-refractivity contribution in [1.82, 2.24) is 24.5 Å². The second kappa shape index (κ2) is 9.74. The van der Waals surface area contributed by atoms with Crippen molar-refractivity contribution in [2.75, 3.05) is 11.9 Å². The average Bonchev–Trinajstić information content (AvgIpc) is 3.17. The van der Waals surface area contributed by atoms with E-state index in [1.165, 1.54) is 14.6 Å². The van der Waals surface area contributed by atoms with E-state index in [4.69, 9.17) is 4.98 Å². The molecule has 2 aromatic carbocycles. The number of nitrogens with zero attached hydrogens (tertiary/aromatic N) is 4. The predicted octanol–water partition coefficient (Wildman–Crippen LogP) is 4.11. The Morgan fingerprint density at radius 1 is 1.06 bits per heavy atom. The van der Waals surface area contributed by atoms with E-state index >= 15 is 0 Å². The molecule has 4 rings (SSSR count). The lowest BCUT2D eigenvalue weighted by Crippen LogP contribution is -2.34. The van der Waals surface area contributed by atoms with Gasteiger partial charge in [0.05, 0.1) is 11.2 Å². The third-order valence-corrected chi connectivity index (χ3v) is 5.53. The van der Waals surface area contributed by atoms with Gasteiger partial charge in [-0.2, -0.15) is 0 Å². The minimum absolute atomic E-state index is 0.0955. The van der Waals surface area contributed by atoms with Crippen LogP contribution < -0.4 is 16.3 Å². The van der Waals surface area contributed by atoms with Crippen LogP contribution in [0.15, 0.2) is 65.6 Å². The van der Waals surface area contributed by atoms with Crippen LogP contribution in [0.5, 0.6) is 0 Å². The van der Waals surface area contributed by atoms with Crippen molar-refractivity contribution in [2.45, 2.75) is 52.6 Å². The van der Waals surface area contributed by atoms with Crippen LogP contribution in [0.25, 0.3) is 16.9 Å². The molecule has 0 aliphatic carbocycles. The van der Waals surface area contributed by atoms with Crippen molar-refractivity contribution < 1.29 is 4.79 Å². The van der Waals surface area contributed by atoms with E-state index < -0.39 is 5.54 Å². The first-order valence-corrected chi connectivity index (χ1v) is 11.9. The van der Waals surface area contributed by atoms with Crippen LogP contribution in [-0.4, -0.2) is 37.7 Å². The largest absolute Gasteiger partial charge is 0.365 e. The summed E-state index contributed by atoms with van der Waals surface area (Å²) in [7, 11) is 0. The van der Waals surface area contributed by atoms with Gasteiger partial charge in [-0.1, -0.05) is 42.5 Å². The van der Waals surface area contributed by atoms with Crippen molar-refractivity contribution in [1.29, 1.82) is 0 Å². The highest BCUT2D eigenvalue weighted by Crippen LogP contribution is 2.23. The molecule has 0 aliphatic rings. The molecule has 0 spiro atoms. The molecule has 2 aromatic heterocycles. The van der Waals surface area contributed by atoms with Gasteiger partial charge in [-0.15, -0.1) is 5.10 Å². The van der Waals surface area contributed by atoms with Crippen LogP contribution in [0, 0.1) is 0 Å². The van der Waals surface area contributed by atoms with Crippen molar-refractivity contribution in [2.24, 2.45) is 0 Å². The zero-order valence-electron chi connectivity index (χ0n) is 20.9. The summed E-state index contributed by atoms with van der Waals surface area (Å²) in [5.74, 6) is 0.373. The topological polar surface area (TPSA) is 93.3 Å². The first-order valence-electron chi connectivity index (χ1n) is 11.9. The number of benzene rings is 2. The van der Waals surface area contributed by atoms with Gasteiger partial charge in [0.15, 0.2) is 5.82 Å². The molecule has 0 saturated carbocycles. The molecule has 8 nitrogen and oxygen atoms in total. The Morgan fingerprint density at radius 2 is 1.80 bits per heavy atom. The SMILES string of the molecule is CC(C)Nc1nc(-c2cccc(C(=O)NCCc3ccccc3)c2)cn2c(=O)n(C(C)(C)C)nc12. The number of carbonyl (C=O) groups is 1. The molecule has 0 unspecified atom stereocenters. The van der Waals surface area contributed by atoms with Crippen LogP contribution in [0.3, 0.4) is 0 Å². The predicted molar refractivity (Wildman–Crippen MR) is 139 cm³/mol. The molecule has 0 fully saturated rings. The molecular weight excluding hydrogens is 440 g/mol. The third kappa shape index (κ3) is 5.42. The lowest BCUT2D eigenvalue weighted by molar-refractivity contribution is 0.0954. The van der Waals surface area contributed by atoms with Crippen molar-refractivity contribution in [3.05, 3.63) is 82.4 Å². The van der Waals surface area contributed by atoms with E-state index in [0.29, 0.717) is 29.3 Å². The standard InChI is InChI=1S/C27H32N6O2/c1-18(2)29-23-24-31-33(27(3,4)5)26(35)32(24)17-22(30-23)20-12-9-13-21(16-20)25(34)28-15-14-19-10-7-6-8-11-19/h6-13,16-18H,14-15H2,1-5H3,(H,28,34)(H,29,30). The van der Waals surface area contributed by atoms with Crippen molar-refractivity contribution in [3.63, 3.8) is 0 Å². The van der Waals surface area contributed by atoms with E-state index in [-0.39, 0.29) is 17.6 Å². The number of fused-ring (bicyclic) bond motifs is 1. The highest BCUT2D eigenvalue weighted by Gasteiger charge is 2.22. The maximum absolute atomic E-state index is 13.2. The van der Waals surface area contributed by atoms with Gasteiger partial charge in [-0.25, -0.2) is 18.9 Å². The monoisotopic (exact) mass is 472 g/mol. The molecular formula is C27H32N6O2. The van der Waals surface area contributed by atoms with Gasteiger partial charge in [-0.05, 0) is 58.7 Å². The average molecular weight is 473 g/mol. The third-order valence-electron chi connectivity index (χ3n) is 5.53. The highest BCUT2D eigenvalue weighted by molar-refractivity contribution is 5.95. The molecule has 0 aliphatic heterocycles. The molecule has 2 heterocycles. The van der Waals surface area contributed by atoms with E-state index in [1.807, 2.05) is 77.1 Å². The molecule has 4 aromatic rings. The molecule has 8 heteroatoms. The number of anilines is 1. The van der Waals surface area contributed by atoms with Gasteiger partial charge in [-0.3, -0.25) is 4.79 Å². The number of aromatic nitrogens is 4. The number of hydrogen-bond donors (Lipinski definition) is 2. The van der Waals surface area contributed by atoms with Crippen molar-refractivity contribution >= 4 is 17.4 Å². The molecule has 35 heavy (non-hydrogen) atoms. The Morgan fingerprint density at radius 3 is 2.49 bits per heavy atom. The van der Waals surface area contributed by atoms with Crippen LogP contribution in [0.1, 0.15) is 50.5 Å². The van der Waals surface area contributed by atoms with Gasteiger partial charge in [0, 0.05) is 29.9 Å². The molecule has 0 atom stereocenters. The molecule has 0 bridgehead atoms. The second-order valence-electron chi connectivity index (χ2n) is 9.90. The summed E-state index contributed by atoms with van der Waals surface area (Å²) < 4.78 is 2.99. The molecule has 2 N–H and O–H groups in total. The number of rotatable bonds is 7. The first-order chi connectivity index (χ1) is 16.6. The fraction of sp³-hybridized carbons (Fsp3) is 0.333. The molecule has 182 valence electrons. The van der Waals surface area contributed by atoms with E-state index in [0.717, 1.165) is 12.0 Å². The number of nitrogens with one attached hydrogen (secondary N) is 2. The summed E-state index contributed by atoms with van der Waals surface area (Å²) in [6, 6.07) is 17.4. The zero-order chi connectivity index (χ0) is 25.2. The van der Waals surface area contributed by atoms with E-state index in [1.54, 1.807) is 18.3 Å². The fourth-order valence-corrected chi connectivity index (χ4v) is 3.81. The number of amides is 1. The second-order valence-corrected chi connectivity index (χ2v) is 9.90. The van der Waals surface area contributed by atoms with Gasteiger partial charge >= 0.3 is 5.69 Å². The lowest BCUT2D eigenvalue weighted by Gasteiger charge is -2.16. The molecule has 0 radical (unpaired) electrons. The van der Waals surface area contributed by atoms with Gasteiger partial charge < -0.3 is 10.6 Å². The number of carbonyl (C=O) groups excluding carboxylic acids is 1. The maximum atomic E-state index is 13.2. The summed E-state index contributed by atoms with van der Waals surface area (Å²) >= 11 is 0. The quantitative estimate of drug-likeness (QED) is 0.422. The Hall–Kier alpha value is -3.94. The summed E-state index contributed by atoms with van der Waals surface area (Å²) in [6.07, 6.45) is 2.44. The Labute approximate surface area is 205 Å². The summed E-state index contributed by atoms with van der Waals surface area (Å²) in [6.45, 7) is 10.4. The lowest BCUT2D eigenvalue weighted by atomic mass is 10.1. The maximum Gasteiger partial charge on any atom is 0.351 e. The summed E-state index contributed by atoms with van der Waals surface area (Å²) in [4.78, 5) is 30.7. The fourth-order valence-electron chi connectivity index (χ4n) is 3.81.